The van der Waals surface area contributed by atoms with Gasteiger partial charge in [0.2, 0.25) is 5.88 Å². The molecule has 3 aromatic rings. The van der Waals surface area contributed by atoms with Crippen molar-refractivity contribution in [2.75, 3.05) is 18.5 Å². The van der Waals surface area contributed by atoms with Crippen molar-refractivity contribution < 1.29 is 18.3 Å². The van der Waals surface area contributed by atoms with Crippen molar-refractivity contribution >= 4 is 39.9 Å². The molecule has 34 heavy (non-hydrogen) atoms. The van der Waals surface area contributed by atoms with Crippen LogP contribution in [0.15, 0.2) is 46.6 Å². The SMILES string of the molecule is CN(CCC#N)c1nc(O)c(C(Cc2ccc(Cl)cc2C(F)(F)F)=c2ccc3c(c2)C=NN=3)s1. The van der Waals surface area contributed by atoms with Crippen LogP contribution in [0.3, 0.4) is 0 Å². The van der Waals surface area contributed by atoms with E-state index in [0.717, 1.165) is 23.0 Å². The van der Waals surface area contributed by atoms with Crippen LogP contribution in [0.5, 0.6) is 5.88 Å². The topological polar surface area (TPSA) is 84.9 Å². The van der Waals surface area contributed by atoms with Crippen LogP contribution in [0.25, 0.3) is 5.57 Å². The maximum Gasteiger partial charge on any atom is 0.416 e. The molecule has 1 aliphatic rings. The number of benzene rings is 2. The molecule has 0 saturated carbocycles. The van der Waals surface area contributed by atoms with Crippen molar-refractivity contribution in [2.24, 2.45) is 10.2 Å². The van der Waals surface area contributed by atoms with Gasteiger partial charge >= 0.3 is 6.18 Å². The van der Waals surface area contributed by atoms with Crippen LogP contribution in [0.4, 0.5) is 18.3 Å². The van der Waals surface area contributed by atoms with Gasteiger partial charge in [0.25, 0.3) is 0 Å². The van der Waals surface area contributed by atoms with Crippen molar-refractivity contribution in [1.82, 2.24) is 4.98 Å². The van der Waals surface area contributed by atoms with Crippen molar-refractivity contribution in [1.29, 1.82) is 5.26 Å². The largest absolute Gasteiger partial charge is 0.492 e. The molecule has 0 saturated heterocycles. The summed E-state index contributed by atoms with van der Waals surface area (Å²) in [5, 5.41) is 29.1. The molecular weight excluding hydrogens is 487 g/mol. The standard InChI is InChI=1S/C23H17ClF3N5OS/c1-32(8-2-7-28)22-30-21(33)20(34-22)17(13-4-6-19-15(9-13)12-29-31-19)10-14-3-5-16(24)11-18(14)23(25,26)27/h3-6,9,11-12,33H,2,8,10H2,1H3. The number of aromatic hydroxyl groups is 1. The highest BCUT2D eigenvalue weighted by atomic mass is 35.5. The summed E-state index contributed by atoms with van der Waals surface area (Å²) in [5.74, 6) is -0.291. The second kappa shape index (κ2) is 9.44. The summed E-state index contributed by atoms with van der Waals surface area (Å²) in [6.45, 7) is 0.393. The van der Waals surface area contributed by atoms with Gasteiger partial charge in [-0.05, 0) is 40.6 Å². The zero-order valence-corrected chi connectivity index (χ0v) is 19.3. The third-order valence-electron chi connectivity index (χ3n) is 5.24. The van der Waals surface area contributed by atoms with Crippen molar-refractivity contribution in [3.05, 3.63) is 73.6 Å². The lowest BCUT2D eigenvalue weighted by Crippen LogP contribution is -2.17. The smallest absolute Gasteiger partial charge is 0.416 e. The molecule has 0 unspecified atom stereocenters. The summed E-state index contributed by atoms with van der Waals surface area (Å²) < 4.78 is 41.3. The van der Waals surface area contributed by atoms with Crippen molar-refractivity contribution in [3.63, 3.8) is 0 Å². The molecule has 0 amide bonds. The Morgan fingerprint density at radius 3 is 2.76 bits per heavy atom. The maximum absolute atomic E-state index is 13.8. The lowest BCUT2D eigenvalue weighted by molar-refractivity contribution is -0.138. The fraction of sp³-hybridized carbons (Fsp3) is 0.217. The highest BCUT2D eigenvalue weighted by Crippen LogP contribution is 2.39. The summed E-state index contributed by atoms with van der Waals surface area (Å²) in [6.07, 6.45) is -2.91. The van der Waals surface area contributed by atoms with Gasteiger partial charge in [-0.3, -0.25) is 0 Å². The predicted molar refractivity (Wildman–Crippen MR) is 125 cm³/mol. The third-order valence-corrected chi connectivity index (χ3v) is 6.69. The first-order valence-corrected chi connectivity index (χ1v) is 11.2. The first-order valence-electron chi connectivity index (χ1n) is 10.1. The van der Waals surface area contributed by atoms with Gasteiger partial charge in [0, 0.05) is 30.6 Å². The van der Waals surface area contributed by atoms with E-state index in [-0.39, 0.29) is 29.3 Å². The average Bonchev–Trinajstić information content (AvgIpc) is 3.42. The van der Waals surface area contributed by atoms with Crippen LogP contribution >= 0.6 is 22.9 Å². The van der Waals surface area contributed by atoms with Gasteiger partial charge < -0.3 is 10.0 Å². The maximum atomic E-state index is 13.8. The molecular formula is C23H17ClF3N5OS. The fourth-order valence-electron chi connectivity index (χ4n) is 3.53. The van der Waals surface area contributed by atoms with Crippen LogP contribution in [0.2, 0.25) is 5.02 Å². The molecule has 0 radical (unpaired) electrons. The van der Waals surface area contributed by atoms with E-state index < -0.39 is 11.7 Å². The second-order valence-corrected chi connectivity index (χ2v) is 8.97. The fourth-order valence-corrected chi connectivity index (χ4v) is 4.72. The number of alkyl halides is 3. The Labute approximate surface area is 201 Å². The molecule has 0 aliphatic carbocycles. The molecule has 0 fully saturated rings. The van der Waals surface area contributed by atoms with E-state index in [1.54, 1.807) is 36.4 Å². The van der Waals surface area contributed by atoms with E-state index in [4.69, 9.17) is 16.9 Å². The van der Waals surface area contributed by atoms with Crippen LogP contribution in [-0.4, -0.2) is 29.9 Å². The van der Waals surface area contributed by atoms with Crippen LogP contribution < -0.4 is 15.5 Å². The van der Waals surface area contributed by atoms with Crippen LogP contribution in [-0.2, 0) is 12.6 Å². The molecule has 0 bridgehead atoms. The number of nitrogens with zero attached hydrogens (tertiary/aromatic N) is 5. The average molecular weight is 504 g/mol. The number of aromatic nitrogens is 1. The van der Waals surface area contributed by atoms with Crippen LogP contribution in [0.1, 0.15) is 28.0 Å². The number of thiazole rings is 1. The van der Waals surface area contributed by atoms with E-state index in [2.05, 4.69) is 15.2 Å². The predicted octanol–water partition coefficient (Wildman–Crippen LogP) is 4.28. The molecule has 2 heterocycles. The Balaban J connectivity index is 1.89. The van der Waals surface area contributed by atoms with Crippen LogP contribution in [0, 0.1) is 11.3 Å². The molecule has 1 aliphatic heterocycles. The third kappa shape index (κ3) is 4.90. The highest BCUT2D eigenvalue weighted by Gasteiger charge is 2.34. The van der Waals surface area contributed by atoms with E-state index >= 15 is 0 Å². The Hall–Kier alpha value is -3.42. The molecule has 1 N–H and O–H groups in total. The molecule has 174 valence electrons. The lowest BCUT2D eigenvalue weighted by Gasteiger charge is -2.15. The minimum atomic E-state index is -4.60. The number of hydrogen-bond acceptors (Lipinski definition) is 7. The van der Waals surface area contributed by atoms with Gasteiger partial charge in [-0.2, -0.15) is 33.6 Å². The minimum absolute atomic E-state index is 0.0120. The summed E-state index contributed by atoms with van der Waals surface area (Å²) in [5.41, 5.74) is 0.354. The van der Waals surface area contributed by atoms with Gasteiger partial charge in [0.1, 0.15) is 0 Å². The van der Waals surface area contributed by atoms with Gasteiger partial charge in [-0.15, -0.1) is 0 Å². The second-order valence-electron chi connectivity index (χ2n) is 7.55. The monoisotopic (exact) mass is 503 g/mol. The lowest BCUT2D eigenvalue weighted by atomic mass is 9.96. The molecule has 1 aromatic heterocycles. The highest BCUT2D eigenvalue weighted by molar-refractivity contribution is 7.17. The van der Waals surface area contributed by atoms with Gasteiger partial charge in [0.15, 0.2) is 5.13 Å². The van der Waals surface area contributed by atoms with Gasteiger partial charge in [-0.1, -0.05) is 35.1 Å². The zero-order chi connectivity index (χ0) is 24.5. The van der Waals surface area contributed by atoms with E-state index in [0.29, 0.717) is 32.7 Å². The quantitative estimate of drug-likeness (QED) is 0.544. The first kappa shape index (κ1) is 23.7. The molecule has 11 heteroatoms. The number of anilines is 1. The summed E-state index contributed by atoms with van der Waals surface area (Å²) in [7, 11) is 1.73. The number of rotatable bonds is 6. The summed E-state index contributed by atoms with van der Waals surface area (Å²) in [4.78, 5) is 6.25. The molecule has 4 rings (SSSR count). The Kier molecular flexibility index (Phi) is 6.59. The summed E-state index contributed by atoms with van der Waals surface area (Å²) >= 11 is 7.00. The zero-order valence-electron chi connectivity index (χ0n) is 17.8. The van der Waals surface area contributed by atoms with Gasteiger partial charge in [-0.25, -0.2) is 0 Å². The Morgan fingerprint density at radius 2 is 2.03 bits per heavy atom. The van der Waals surface area contributed by atoms with E-state index in [9.17, 15) is 18.3 Å². The Bertz CT molecular complexity index is 1440. The first-order chi connectivity index (χ1) is 16.2. The number of halogens is 4. The van der Waals surface area contributed by atoms with E-state index in [1.807, 2.05) is 6.07 Å². The van der Waals surface area contributed by atoms with Crippen molar-refractivity contribution in [3.8, 4) is 11.9 Å². The number of hydrogen-bond donors (Lipinski definition) is 1. The minimum Gasteiger partial charge on any atom is -0.492 e. The molecule has 6 nitrogen and oxygen atoms in total. The summed E-state index contributed by atoms with van der Waals surface area (Å²) in [6, 6.07) is 10.9. The van der Waals surface area contributed by atoms with Crippen molar-refractivity contribution in [2.45, 2.75) is 19.0 Å². The molecule has 2 aromatic carbocycles. The molecule has 0 atom stereocenters. The van der Waals surface area contributed by atoms with E-state index in [1.165, 1.54) is 12.1 Å². The normalized spacial score (nSPS) is 13.3. The van der Waals surface area contributed by atoms with Gasteiger partial charge in [0.05, 0.1) is 34.5 Å². The number of nitriles is 1. The molecule has 0 spiro atoms. The number of fused-ring (bicyclic) bond motifs is 1. The Morgan fingerprint density at radius 1 is 1.24 bits per heavy atom.